The number of hydrogen-bond acceptors (Lipinski definition) is 4. The first kappa shape index (κ1) is 16.9. The first-order chi connectivity index (χ1) is 10.4. The molecule has 1 heterocycles. The van der Waals surface area contributed by atoms with Gasteiger partial charge >= 0.3 is 0 Å². The predicted molar refractivity (Wildman–Crippen MR) is 80.6 cm³/mol. The van der Waals surface area contributed by atoms with Crippen LogP contribution in [0.25, 0.3) is 0 Å². The fraction of sp³-hybridized carbons (Fsp3) is 0.562. The van der Waals surface area contributed by atoms with Gasteiger partial charge in [-0.15, -0.1) is 0 Å². The third-order valence-electron chi connectivity index (χ3n) is 4.17. The molecule has 0 bridgehead atoms. The Labute approximate surface area is 129 Å². The molecule has 3 N–H and O–H groups in total. The van der Waals surface area contributed by atoms with Crippen molar-refractivity contribution in [2.45, 2.75) is 38.0 Å². The minimum absolute atomic E-state index is 0.157. The molecule has 0 unspecified atom stereocenters. The quantitative estimate of drug-likeness (QED) is 0.747. The van der Waals surface area contributed by atoms with Gasteiger partial charge in [-0.3, -0.25) is 4.79 Å². The van der Waals surface area contributed by atoms with Crippen LogP contribution in [0.4, 0.5) is 4.39 Å². The zero-order chi connectivity index (χ0) is 16.2. The Bertz CT molecular complexity index is 522. The van der Waals surface area contributed by atoms with Crippen molar-refractivity contribution < 1.29 is 19.4 Å². The highest BCUT2D eigenvalue weighted by molar-refractivity contribution is 5.76. The number of piperidine rings is 1. The lowest BCUT2D eigenvalue weighted by molar-refractivity contribution is -0.123. The normalized spacial score (nSPS) is 25.9. The highest BCUT2D eigenvalue weighted by Crippen LogP contribution is 2.21. The second-order valence-corrected chi connectivity index (χ2v) is 6.04. The van der Waals surface area contributed by atoms with Gasteiger partial charge in [-0.1, -0.05) is 18.2 Å². The molecule has 1 fully saturated rings. The molecular weight excluding hydrogens is 287 g/mol. The maximum atomic E-state index is 13.4. The molecule has 1 aromatic carbocycles. The number of rotatable bonds is 5. The summed E-state index contributed by atoms with van der Waals surface area (Å²) >= 11 is 0. The van der Waals surface area contributed by atoms with E-state index in [0.717, 1.165) is 0 Å². The van der Waals surface area contributed by atoms with Gasteiger partial charge in [0.05, 0.1) is 11.7 Å². The molecule has 0 aliphatic carbocycles. The van der Waals surface area contributed by atoms with E-state index >= 15 is 0 Å². The molecule has 0 saturated carbocycles. The molecule has 22 heavy (non-hydrogen) atoms. The van der Waals surface area contributed by atoms with Gasteiger partial charge < -0.3 is 20.4 Å². The van der Waals surface area contributed by atoms with E-state index in [2.05, 4.69) is 5.32 Å². The van der Waals surface area contributed by atoms with E-state index in [-0.39, 0.29) is 24.7 Å². The number of likely N-dealkylation sites (tertiary alicyclic amines) is 1. The molecule has 1 saturated heterocycles. The van der Waals surface area contributed by atoms with Crippen molar-refractivity contribution in [3.05, 3.63) is 35.6 Å². The molecule has 5 nitrogen and oxygen atoms in total. The van der Waals surface area contributed by atoms with Crippen molar-refractivity contribution in [1.82, 2.24) is 10.2 Å². The number of nitrogens with one attached hydrogen (secondary N) is 1. The van der Waals surface area contributed by atoms with Crippen molar-refractivity contribution in [2.24, 2.45) is 0 Å². The van der Waals surface area contributed by atoms with Crippen molar-refractivity contribution in [1.29, 1.82) is 0 Å². The molecule has 122 valence electrons. The summed E-state index contributed by atoms with van der Waals surface area (Å²) in [6.07, 6.45) is -0.0448. The number of aliphatic hydroxyl groups is 2. The Kier molecular flexibility index (Phi) is 5.50. The third-order valence-corrected chi connectivity index (χ3v) is 4.17. The number of benzene rings is 1. The van der Waals surface area contributed by atoms with Crippen molar-refractivity contribution in [2.75, 3.05) is 19.6 Å². The number of amides is 1. The van der Waals surface area contributed by atoms with E-state index in [0.29, 0.717) is 31.6 Å². The van der Waals surface area contributed by atoms with Gasteiger partial charge in [-0.25, -0.2) is 4.39 Å². The average Bonchev–Trinajstić information content (AvgIpc) is 2.48. The van der Waals surface area contributed by atoms with Gasteiger partial charge in [-0.2, -0.15) is 0 Å². The molecule has 1 aliphatic rings. The van der Waals surface area contributed by atoms with Crippen LogP contribution < -0.4 is 5.32 Å². The van der Waals surface area contributed by atoms with Gasteiger partial charge in [0.1, 0.15) is 5.82 Å². The predicted octanol–water partition coefficient (Wildman–Crippen LogP) is 0.650. The lowest BCUT2D eigenvalue weighted by atomic mass is 9.91. The summed E-state index contributed by atoms with van der Waals surface area (Å²) in [6.45, 7) is 3.30. The number of carbonyl (C=O) groups excluding carboxylic acids is 1. The van der Waals surface area contributed by atoms with E-state index in [4.69, 9.17) is 0 Å². The smallest absolute Gasteiger partial charge is 0.221 e. The first-order valence-corrected chi connectivity index (χ1v) is 7.51. The molecule has 2 rings (SSSR count). The number of nitrogens with zero attached hydrogens (tertiary/aromatic N) is 1. The molecule has 0 radical (unpaired) electrons. The monoisotopic (exact) mass is 310 g/mol. The summed E-state index contributed by atoms with van der Waals surface area (Å²) in [5.74, 6) is -0.487. The van der Waals surface area contributed by atoms with Crippen LogP contribution >= 0.6 is 0 Å². The van der Waals surface area contributed by atoms with E-state index in [1.165, 1.54) is 6.07 Å². The zero-order valence-corrected chi connectivity index (χ0v) is 12.8. The van der Waals surface area contributed by atoms with Crippen molar-refractivity contribution in [3.63, 3.8) is 0 Å². The van der Waals surface area contributed by atoms with Crippen LogP contribution in [0.3, 0.4) is 0 Å². The molecule has 1 amide bonds. The Hall–Kier alpha value is -1.50. The molecular formula is C16H23FN2O3. The fourth-order valence-electron chi connectivity index (χ4n) is 2.47. The summed E-state index contributed by atoms with van der Waals surface area (Å²) in [5.41, 5.74) is -0.593. The fourth-order valence-corrected chi connectivity index (χ4v) is 2.47. The van der Waals surface area contributed by atoms with Gasteiger partial charge in [0, 0.05) is 38.2 Å². The van der Waals surface area contributed by atoms with Crippen LogP contribution in [0.15, 0.2) is 24.3 Å². The molecule has 0 aromatic heterocycles. The third kappa shape index (κ3) is 4.50. The Balaban J connectivity index is 1.71. The molecule has 6 heteroatoms. The molecule has 1 aromatic rings. The minimum Gasteiger partial charge on any atom is -0.389 e. The molecule has 2 atom stereocenters. The SMILES string of the molecule is C[C@@]1(O)CCN(CCC(=O)NCc2ccccc2F)C[C@@H]1O. The lowest BCUT2D eigenvalue weighted by Crippen LogP contribution is -2.54. The highest BCUT2D eigenvalue weighted by atomic mass is 19.1. The lowest BCUT2D eigenvalue weighted by Gasteiger charge is -2.39. The van der Waals surface area contributed by atoms with Crippen molar-refractivity contribution >= 4 is 5.91 Å². The van der Waals surface area contributed by atoms with Crippen LogP contribution in [0.5, 0.6) is 0 Å². The summed E-state index contributed by atoms with van der Waals surface area (Å²) < 4.78 is 13.4. The van der Waals surface area contributed by atoms with Gasteiger partial charge in [0.15, 0.2) is 0 Å². The second kappa shape index (κ2) is 7.17. The second-order valence-electron chi connectivity index (χ2n) is 6.04. The van der Waals surface area contributed by atoms with Crippen molar-refractivity contribution in [3.8, 4) is 0 Å². The van der Waals surface area contributed by atoms with Gasteiger partial charge in [0.2, 0.25) is 5.91 Å². The largest absolute Gasteiger partial charge is 0.389 e. The standard InChI is InChI=1S/C16H23FN2O3/c1-16(22)7-9-19(11-14(16)20)8-6-15(21)18-10-12-4-2-3-5-13(12)17/h2-5,14,20,22H,6-11H2,1H3,(H,18,21)/t14-,16+/m0/s1. The van der Waals surface area contributed by atoms with Crippen LogP contribution in [0.2, 0.25) is 0 Å². The summed E-state index contributed by atoms with van der Waals surface area (Å²) in [6, 6.07) is 6.34. The number of aliphatic hydroxyl groups excluding tert-OH is 1. The van der Waals surface area contributed by atoms with E-state index < -0.39 is 11.7 Å². The first-order valence-electron chi connectivity index (χ1n) is 7.51. The zero-order valence-electron chi connectivity index (χ0n) is 12.8. The number of carbonyl (C=O) groups is 1. The van der Waals surface area contributed by atoms with Gasteiger partial charge in [0.25, 0.3) is 0 Å². The Morgan fingerprint density at radius 3 is 2.91 bits per heavy atom. The Morgan fingerprint density at radius 2 is 2.23 bits per heavy atom. The van der Waals surface area contributed by atoms with E-state index in [9.17, 15) is 19.4 Å². The molecule has 0 spiro atoms. The van der Waals surface area contributed by atoms with E-state index in [1.807, 2.05) is 4.90 Å². The minimum atomic E-state index is -1.05. The van der Waals surface area contributed by atoms with E-state index in [1.54, 1.807) is 25.1 Å². The van der Waals surface area contributed by atoms with Crippen LogP contribution in [0.1, 0.15) is 25.3 Å². The molecule has 1 aliphatic heterocycles. The van der Waals surface area contributed by atoms with Gasteiger partial charge in [-0.05, 0) is 19.4 Å². The number of halogens is 1. The summed E-state index contributed by atoms with van der Waals surface area (Å²) in [7, 11) is 0. The van der Waals surface area contributed by atoms with Crippen LogP contribution in [0, 0.1) is 5.82 Å². The maximum absolute atomic E-state index is 13.4. The number of β-amino-alcohol motifs (C(OH)–C–C–N with tert-alkyl or cyclic N) is 1. The van der Waals surface area contributed by atoms with Crippen LogP contribution in [-0.2, 0) is 11.3 Å². The highest BCUT2D eigenvalue weighted by Gasteiger charge is 2.36. The Morgan fingerprint density at radius 1 is 1.50 bits per heavy atom. The summed E-state index contributed by atoms with van der Waals surface area (Å²) in [4.78, 5) is 13.8. The maximum Gasteiger partial charge on any atom is 0.221 e. The topological polar surface area (TPSA) is 72.8 Å². The van der Waals surface area contributed by atoms with Crippen LogP contribution in [-0.4, -0.2) is 52.4 Å². The average molecular weight is 310 g/mol. The number of hydrogen-bond donors (Lipinski definition) is 3. The summed E-state index contributed by atoms with van der Waals surface area (Å²) in [5, 5.41) is 22.4.